The quantitative estimate of drug-likeness (QED) is 0.474. The van der Waals surface area contributed by atoms with Gasteiger partial charge in [-0.15, -0.1) is 0 Å². The topological polar surface area (TPSA) is 34.9 Å². The maximum atomic E-state index is 13.0. The summed E-state index contributed by atoms with van der Waals surface area (Å²) in [5.41, 5.74) is 4.30. The number of benzene rings is 3. The second kappa shape index (κ2) is 7.22. The molecule has 27 heavy (non-hydrogen) atoms. The van der Waals surface area contributed by atoms with E-state index in [2.05, 4.69) is 4.98 Å². The van der Waals surface area contributed by atoms with E-state index in [-0.39, 0.29) is 5.69 Å². The largest absolute Gasteiger partial charge is 0.353 e. The van der Waals surface area contributed by atoms with E-state index in [4.69, 9.17) is 11.6 Å². The summed E-state index contributed by atoms with van der Waals surface area (Å²) >= 11 is 6.81. The Balaban J connectivity index is 2.06. The van der Waals surface area contributed by atoms with E-state index in [1.165, 1.54) is 0 Å². The maximum Gasteiger partial charge on any atom is 0.353 e. The lowest BCUT2D eigenvalue weighted by molar-refractivity contribution is 0.926. The van der Waals surface area contributed by atoms with Gasteiger partial charge in [-0.1, -0.05) is 90.0 Å². The number of aryl methyl sites for hydroxylation is 1. The van der Waals surface area contributed by atoms with Crippen molar-refractivity contribution in [2.75, 3.05) is 0 Å². The molecule has 1 heterocycles. The Labute approximate surface area is 162 Å². The summed E-state index contributed by atoms with van der Waals surface area (Å²) in [7, 11) is 0. The second-order valence-corrected chi connectivity index (χ2v) is 6.69. The molecule has 0 radical (unpaired) electrons. The second-order valence-electron chi connectivity index (χ2n) is 6.31. The van der Waals surface area contributed by atoms with Crippen LogP contribution < -0.4 is 5.69 Å². The van der Waals surface area contributed by atoms with Crippen LogP contribution >= 0.6 is 11.6 Å². The smallest absolute Gasteiger partial charge is 0.259 e. The highest BCUT2D eigenvalue weighted by Gasteiger charge is 2.19. The highest BCUT2D eigenvalue weighted by atomic mass is 35.5. The van der Waals surface area contributed by atoms with Gasteiger partial charge in [0.15, 0.2) is 0 Å². The third kappa shape index (κ3) is 3.29. The molecular weight excluding hydrogens is 356 g/mol. The van der Waals surface area contributed by atoms with Crippen molar-refractivity contribution in [2.24, 2.45) is 0 Å². The molecule has 4 aromatic rings. The molecule has 0 fully saturated rings. The van der Waals surface area contributed by atoms with Crippen LogP contribution in [0.5, 0.6) is 0 Å². The molecule has 0 saturated carbocycles. The van der Waals surface area contributed by atoms with Crippen LogP contribution in [0.25, 0.3) is 28.2 Å². The van der Waals surface area contributed by atoms with Crippen molar-refractivity contribution >= 4 is 11.6 Å². The molecule has 4 rings (SSSR count). The minimum Gasteiger partial charge on any atom is -0.259 e. The number of rotatable bonds is 3. The lowest BCUT2D eigenvalue weighted by atomic mass is 10.1. The molecule has 0 spiro atoms. The summed E-state index contributed by atoms with van der Waals surface area (Å²) in [6.07, 6.45) is 0. The van der Waals surface area contributed by atoms with Crippen molar-refractivity contribution < 1.29 is 0 Å². The van der Waals surface area contributed by atoms with Crippen molar-refractivity contribution in [1.29, 1.82) is 0 Å². The summed E-state index contributed by atoms with van der Waals surface area (Å²) < 4.78 is 1.57. The van der Waals surface area contributed by atoms with Gasteiger partial charge in [0, 0.05) is 11.1 Å². The van der Waals surface area contributed by atoms with Gasteiger partial charge >= 0.3 is 5.69 Å². The number of hydrogen-bond acceptors (Lipinski definition) is 2. The van der Waals surface area contributed by atoms with Gasteiger partial charge in [-0.25, -0.2) is 4.79 Å². The van der Waals surface area contributed by atoms with Gasteiger partial charge in [-0.2, -0.15) is 4.98 Å². The fraction of sp³-hybridized carbons (Fsp3) is 0.0435. The molecule has 0 N–H and O–H groups in total. The predicted octanol–water partition coefficient (Wildman–Crippen LogP) is 5.53. The van der Waals surface area contributed by atoms with Crippen molar-refractivity contribution in [2.45, 2.75) is 6.92 Å². The van der Waals surface area contributed by atoms with Gasteiger partial charge in [0.1, 0.15) is 0 Å². The number of hydrogen-bond donors (Lipinski definition) is 0. The molecule has 3 aromatic carbocycles. The van der Waals surface area contributed by atoms with Gasteiger partial charge in [-0.05, 0) is 19.1 Å². The van der Waals surface area contributed by atoms with Gasteiger partial charge < -0.3 is 0 Å². The van der Waals surface area contributed by atoms with Gasteiger partial charge in [0.2, 0.25) is 0 Å². The third-order valence-electron chi connectivity index (χ3n) is 4.42. The zero-order valence-electron chi connectivity index (χ0n) is 14.8. The van der Waals surface area contributed by atoms with Gasteiger partial charge in [0.25, 0.3) is 0 Å². The Kier molecular flexibility index (Phi) is 4.61. The Morgan fingerprint density at radius 3 is 1.93 bits per heavy atom. The molecule has 0 saturated heterocycles. The van der Waals surface area contributed by atoms with Crippen LogP contribution in [0.2, 0.25) is 5.02 Å². The Bertz CT molecular complexity index is 1130. The Hall–Kier alpha value is -3.17. The number of aromatic nitrogens is 2. The van der Waals surface area contributed by atoms with Crippen LogP contribution in [-0.2, 0) is 0 Å². The van der Waals surface area contributed by atoms with Crippen LogP contribution in [-0.4, -0.2) is 9.55 Å². The van der Waals surface area contributed by atoms with Crippen LogP contribution in [0.15, 0.2) is 89.7 Å². The molecule has 4 heteroatoms. The summed E-state index contributed by atoms with van der Waals surface area (Å²) in [4.78, 5) is 17.3. The Morgan fingerprint density at radius 2 is 1.33 bits per heavy atom. The SMILES string of the molecule is Cc1ccc(-n2c(-c3ccccc3)c(Cl)c(-c3ccccc3)nc2=O)cc1. The van der Waals surface area contributed by atoms with Crippen LogP contribution in [0.1, 0.15) is 5.56 Å². The summed E-state index contributed by atoms with van der Waals surface area (Å²) in [5, 5.41) is 0.451. The van der Waals surface area contributed by atoms with E-state index in [1.54, 1.807) is 4.57 Å². The first-order valence-corrected chi connectivity index (χ1v) is 9.03. The molecule has 3 nitrogen and oxygen atoms in total. The normalized spacial score (nSPS) is 10.7. The summed E-state index contributed by atoms with van der Waals surface area (Å²) in [6.45, 7) is 2.01. The fourth-order valence-electron chi connectivity index (χ4n) is 3.07. The van der Waals surface area contributed by atoms with E-state index in [0.717, 1.165) is 22.4 Å². The molecule has 0 amide bonds. The fourth-order valence-corrected chi connectivity index (χ4v) is 3.42. The minimum absolute atomic E-state index is 0.360. The molecule has 0 bridgehead atoms. The van der Waals surface area contributed by atoms with Gasteiger partial charge in [-0.3, -0.25) is 4.57 Å². The molecule has 0 aliphatic carbocycles. The maximum absolute atomic E-state index is 13.0. The predicted molar refractivity (Wildman–Crippen MR) is 110 cm³/mol. The Morgan fingerprint density at radius 1 is 0.778 bits per heavy atom. The molecule has 1 aromatic heterocycles. The summed E-state index contributed by atoms with van der Waals surface area (Å²) in [6, 6.07) is 27.0. The third-order valence-corrected chi connectivity index (χ3v) is 4.78. The molecule has 0 aliphatic rings. The van der Waals surface area contributed by atoms with E-state index in [1.807, 2.05) is 91.9 Å². The first-order valence-electron chi connectivity index (χ1n) is 8.65. The van der Waals surface area contributed by atoms with E-state index in [9.17, 15) is 4.79 Å². The first kappa shape index (κ1) is 17.3. The van der Waals surface area contributed by atoms with E-state index < -0.39 is 0 Å². The molecule has 132 valence electrons. The first-order chi connectivity index (χ1) is 13.1. The monoisotopic (exact) mass is 372 g/mol. The van der Waals surface area contributed by atoms with Crippen LogP contribution in [0.3, 0.4) is 0 Å². The lowest BCUT2D eigenvalue weighted by Gasteiger charge is -2.17. The van der Waals surface area contributed by atoms with Crippen LogP contribution in [0, 0.1) is 6.92 Å². The standard InChI is InChI=1S/C23H17ClN2O/c1-16-12-14-19(15-13-16)26-22(18-10-6-3-7-11-18)20(24)21(25-23(26)27)17-8-4-2-5-9-17/h2-15H,1H3. The number of halogens is 1. The highest BCUT2D eigenvalue weighted by molar-refractivity contribution is 6.35. The van der Waals surface area contributed by atoms with Crippen LogP contribution in [0.4, 0.5) is 0 Å². The molecule has 0 aliphatic heterocycles. The molecule has 0 atom stereocenters. The van der Waals surface area contributed by atoms with Crippen molar-refractivity contribution in [3.05, 3.63) is 106 Å². The zero-order valence-corrected chi connectivity index (χ0v) is 15.5. The van der Waals surface area contributed by atoms with Crippen molar-refractivity contribution in [3.63, 3.8) is 0 Å². The van der Waals surface area contributed by atoms with Crippen molar-refractivity contribution in [3.8, 4) is 28.2 Å². The van der Waals surface area contributed by atoms with Crippen molar-refractivity contribution in [1.82, 2.24) is 9.55 Å². The molecule has 0 unspecified atom stereocenters. The average Bonchev–Trinajstić information content (AvgIpc) is 2.71. The summed E-state index contributed by atoms with van der Waals surface area (Å²) in [5.74, 6) is 0. The van der Waals surface area contributed by atoms with E-state index in [0.29, 0.717) is 16.4 Å². The molecular formula is C23H17ClN2O. The minimum atomic E-state index is -0.360. The number of nitrogens with zero attached hydrogens (tertiary/aromatic N) is 2. The highest BCUT2D eigenvalue weighted by Crippen LogP contribution is 2.35. The lowest BCUT2D eigenvalue weighted by Crippen LogP contribution is -2.24. The van der Waals surface area contributed by atoms with Gasteiger partial charge in [0.05, 0.1) is 22.1 Å². The van der Waals surface area contributed by atoms with E-state index >= 15 is 0 Å². The average molecular weight is 373 g/mol. The zero-order chi connectivity index (χ0) is 18.8.